The number of hydrogen-bond acceptors (Lipinski definition) is 5. The molecule has 5 rings (SSSR count). The Morgan fingerprint density at radius 2 is 1.47 bits per heavy atom. The Morgan fingerprint density at radius 1 is 0.833 bits per heavy atom. The third-order valence-corrected chi connectivity index (χ3v) is 6.29. The van der Waals surface area contributed by atoms with Gasteiger partial charge < -0.3 is 19.5 Å². The summed E-state index contributed by atoms with van der Waals surface area (Å²) in [5, 5.41) is 2.84. The lowest BCUT2D eigenvalue weighted by Crippen LogP contribution is -2.49. The van der Waals surface area contributed by atoms with Crippen molar-refractivity contribution in [1.29, 1.82) is 0 Å². The fraction of sp³-hybridized carbons (Fsp3) is 0.207. The Balaban J connectivity index is 1.41. The minimum absolute atomic E-state index is 0.0562. The predicted molar refractivity (Wildman–Crippen MR) is 141 cm³/mol. The van der Waals surface area contributed by atoms with Crippen LogP contribution in [0.3, 0.4) is 0 Å². The van der Waals surface area contributed by atoms with Crippen LogP contribution < -0.4 is 10.2 Å². The maximum absolute atomic E-state index is 13.7. The molecule has 7 nitrogen and oxygen atoms in total. The zero-order chi connectivity index (χ0) is 24.9. The van der Waals surface area contributed by atoms with Crippen LogP contribution in [0.2, 0.25) is 0 Å². The van der Waals surface area contributed by atoms with E-state index in [1.165, 1.54) is 0 Å². The second kappa shape index (κ2) is 10.5. The van der Waals surface area contributed by atoms with Crippen molar-refractivity contribution < 1.29 is 14.0 Å². The fourth-order valence-electron chi connectivity index (χ4n) is 4.28. The number of carbonyl (C=O) groups is 2. The lowest BCUT2D eigenvalue weighted by atomic mass is 10.1. The number of amides is 2. The summed E-state index contributed by atoms with van der Waals surface area (Å²) in [5.74, 6) is 0.629. The molecule has 0 saturated carbocycles. The highest BCUT2D eigenvalue weighted by atomic mass is 16.4. The third kappa shape index (κ3) is 5.00. The van der Waals surface area contributed by atoms with Crippen LogP contribution >= 0.6 is 0 Å². The van der Waals surface area contributed by atoms with Gasteiger partial charge in [0.1, 0.15) is 0 Å². The first-order chi connectivity index (χ1) is 17.6. The highest BCUT2D eigenvalue weighted by Gasteiger charge is 2.29. The van der Waals surface area contributed by atoms with Gasteiger partial charge in [0.05, 0.1) is 0 Å². The molecule has 0 bridgehead atoms. The molecule has 1 fully saturated rings. The van der Waals surface area contributed by atoms with Crippen LogP contribution in [0.1, 0.15) is 23.8 Å². The van der Waals surface area contributed by atoms with Gasteiger partial charge in [-0.1, -0.05) is 43.3 Å². The summed E-state index contributed by atoms with van der Waals surface area (Å²) in [6.45, 7) is 4.51. The number of benzene rings is 3. The van der Waals surface area contributed by atoms with Gasteiger partial charge in [0.25, 0.3) is 5.91 Å². The molecule has 1 aliphatic heterocycles. The Labute approximate surface area is 210 Å². The van der Waals surface area contributed by atoms with Crippen LogP contribution in [0.5, 0.6) is 0 Å². The van der Waals surface area contributed by atoms with Crippen molar-refractivity contribution in [3.63, 3.8) is 0 Å². The highest BCUT2D eigenvalue weighted by Crippen LogP contribution is 2.32. The van der Waals surface area contributed by atoms with E-state index in [0.717, 1.165) is 29.9 Å². The maximum atomic E-state index is 13.7. The topological polar surface area (TPSA) is 78.7 Å². The van der Waals surface area contributed by atoms with Crippen LogP contribution in [0.15, 0.2) is 89.3 Å². The summed E-state index contributed by atoms with van der Waals surface area (Å²) in [6.07, 6.45) is 0.403. The minimum atomic E-state index is -0.146. The molecular weight excluding hydrogens is 452 g/mol. The molecule has 7 heteroatoms. The molecule has 1 aliphatic rings. The van der Waals surface area contributed by atoms with Crippen molar-refractivity contribution in [2.75, 3.05) is 36.4 Å². The first-order valence-electron chi connectivity index (χ1n) is 12.2. The Kier molecular flexibility index (Phi) is 6.80. The van der Waals surface area contributed by atoms with Crippen LogP contribution in [0, 0.1) is 0 Å². The van der Waals surface area contributed by atoms with E-state index in [-0.39, 0.29) is 11.8 Å². The zero-order valence-electron chi connectivity index (χ0n) is 20.2. The SMILES string of the molecule is CCC(=O)Nc1ccc(-c2oc(-c3ccccc3)nc2C(=O)N2CCN(c3ccccc3)CC2)cc1. The number of nitrogens with zero attached hydrogens (tertiary/aromatic N) is 3. The van der Waals surface area contributed by atoms with E-state index >= 15 is 0 Å². The van der Waals surface area contributed by atoms with Crippen molar-refractivity contribution in [3.8, 4) is 22.8 Å². The number of carbonyl (C=O) groups excluding carboxylic acids is 2. The molecule has 1 saturated heterocycles. The van der Waals surface area contributed by atoms with Crippen molar-refractivity contribution in [1.82, 2.24) is 9.88 Å². The molecule has 36 heavy (non-hydrogen) atoms. The number of piperazine rings is 1. The first kappa shape index (κ1) is 23.4. The lowest BCUT2D eigenvalue weighted by Gasteiger charge is -2.35. The Bertz CT molecular complexity index is 1330. The average Bonchev–Trinajstić information content (AvgIpc) is 3.39. The molecule has 0 spiro atoms. The zero-order valence-corrected chi connectivity index (χ0v) is 20.2. The quantitative estimate of drug-likeness (QED) is 0.404. The van der Waals surface area contributed by atoms with E-state index in [0.29, 0.717) is 42.5 Å². The van der Waals surface area contributed by atoms with Gasteiger partial charge >= 0.3 is 0 Å². The summed E-state index contributed by atoms with van der Waals surface area (Å²) < 4.78 is 6.18. The van der Waals surface area contributed by atoms with Gasteiger partial charge in [-0.3, -0.25) is 9.59 Å². The van der Waals surface area contributed by atoms with Gasteiger partial charge in [-0.2, -0.15) is 0 Å². The maximum Gasteiger partial charge on any atom is 0.276 e. The third-order valence-electron chi connectivity index (χ3n) is 6.29. The molecule has 1 aromatic heterocycles. The van der Waals surface area contributed by atoms with Crippen molar-refractivity contribution in [3.05, 3.63) is 90.6 Å². The van der Waals surface area contributed by atoms with Crippen LogP contribution in [-0.4, -0.2) is 47.9 Å². The van der Waals surface area contributed by atoms with E-state index in [1.54, 1.807) is 19.1 Å². The number of nitrogens with one attached hydrogen (secondary N) is 1. The summed E-state index contributed by atoms with van der Waals surface area (Å²) in [7, 11) is 0. The van der Waals surface area contributed by atoms with Crippen LogP contribution in [0.25, 0.3) is 22.8 Å². The van der Waals surface area contributed by atoms with E-state index in [2.05, 4.69) is 27.3 Å². The van der Waals surface area contributed by atoms with Gasteiger partial charge in [-0.25, -0.2) is 4.98 Å². The van der Waals surface area contributed by atoms with Crippen molar-refractivity contribution in [2.24, 2.45) is 0 Å². The van der Waals surface area contributed by atoms with Crippen molar-refractivity contribution >= 4 is 23.2 Å². The average molecular weight is 481 g/mol. The predicted octanol–water partition coefficient (Wildman–Crippen LogP) is 5.32. The second-order valence-corrected chi connectivity index (χ2v) is 8.66. The normalized spacial score (nSPS) is 13.5. The highest BCUT2D eigenvalue weighted by molar-refractivity contribution is 5.99. The Morgan fingerprint density at radius 3 is 2.11 bits per heavy atom. The van der Waals surface area contributed by atoms with E-state index in [9.17, 15) is 9.59 Å². The molecule has 0 radical (unpaired) electrons. The summed E-state index contributed by atoms with van der Waals surface area (Å²) in [5.41, 5.74) is 3.68. The van der Waals surface area contributed by atoms with Gasteiger partial charge in [0.2, 0.25) is 11.8 Å². The summed E-state index contributed by atoms with van der Waals surface area (Å²) in [6, 6.07) is 27.1. The molecular formula is C29H28N4O3. The number of anilines is 2. The lowest BCUT2D eigenvalue weighted by molar-refractivity contribution is -0.115. The van der Waals surface area contributed by atoms with Gasteiger partial charge in [-0.05, 0) is 48.5 Å². The number of hydrogen-bond donors (Lipinski definition) is 1. The molecule has 0 aliphatic carbocycles. The largest absolute Gasteiger partial charge is 0.435 e. The molecule has 0 atom stereocenters. The van der Waals surface area contributed by atoms with E-state index in [1.807, 2.05) is 65.6 Å². The van der Waals surface area contributed by atoms with Gasteiger partial charge in [0.15, 0.2) is 11.5 Å². The number of aromatic nitrogens is 1. The molecule has 2 heterocycles. The van der Waals surface area contributed by atoms with Crippen molar-refractivity contribution in [2.45, 2.75) is 13.3 Å². The smallest absolute Gasteiger partial charge is 0.276 e. The van der Waals surface area contributed by atoms with Gasteiger partial charge in [0, 0.05) is 55.1 Å². The molecule has 3 aromatic carbocycles. The molecule has 182 valence electrons. The molecule has 2 amide bonds. The number of oxazole rings is 1. The van der Waals surface area contributed by atoms with Gasteiger partial charge in [-0.15, -0.1) is 0 Å². The summed E-state index contributed by atoms with van der Waals surface area (Å²) >= 11 is 0. The molecule has 4 aromatic rings. The first-order valence-corrected chi connectivity index (χ1v) is 12.2. The van der Waals surface area contributed by atoms with Crippen LogP contribution in [-0.2, 0) is 4.79 Å². The van der Waals surface area contributed by atoms with E-state index < -0.39 is 0 Å². The Hall–Kier alpha value is -4.39. The number of rotatable bonds is 6. The van der Waals surface area contributed by atoms with Crippen LogP contribution in [0.4, 0.5) is 11.4 Å². The standard InChI is InChI=1S/C29H28N4O3/c1-2-25(34)30-23-15-13-21(14-16-23)27-26(31-28(36-27)22-9-5-3-6-10-22)29(35)33-19-17-32(18-20-33)24-11-7-4-8-12-24/h3-16H,2,17-20H2,1H3,(H,30,34). The second-order valence-electron chi connectivity index (χ2n) is 8.66. The summed E-state index contributed by atoms with van der Waals surface area (Å²) in [4.78, 5) is 34.2. The molecule has 0 unspecified atom stereocenters. The molecule has 1 N–H and O–H groups in total. The fourth-order valence-corrected chi connectivity index (χ4v) is 4.28. The van der Waals surface area contributed by atoms with E-state index in [4.69, 9.17) is 4.42 Å². The monoisotopic (exact) mass is 480 g/mol. The minimum Gasteiger partial charge on any atom is -0.435 e. The number of para-hydroxylation sites is 1.